The highest BCUT2D eigenvalue weighted by molar-refractivity contribution is 6.02. The number of aromatic carboxylic acids is 1. The number of ketones is 1. The van der Waals surface area contributed by atoms with E-state index in [0.717, 1.165) is 239 Å². The number of esters is 2. The van der Waals surface area contributed by atoms with Gasteiger partial charge >= 0.3 is 17.9 Å². The Morgan fingerprint density at radius 3 is 1.04 bits per heavy atom. The highest BCUT2D eigenvalue weighted by atomic mass is 16.5. The molecular weight excluding hydrogens is 1780 g/mol. The zero-order chi connectivity index (χ0) is 98.2. The molecule has 29 heteroatoms. The number of nitrogens with zero attached hydrogens (tertiary/aromatic N) is 16. The molecule has 2 fully saturated rings. The second-order valence-corrected chi connectivity index (χ2v) is 35.5. The molecule has 2 saturated carbocycles. The van der Waals surface area contributed by atoms with Crippen molar-refractivity contribution in [1.82, 2.24) is 78.8 Å². The van der Waals surface area contributed by atoms with Gasteiger partial charge < -0.3 is 60.4 Å². The van der Waals surface area contributed by atoms with Gasteiger partial charge in [-0.2, -0.15) is 0 Å². The molecule has 0 radical (unpaired) electrons. The maximum absolute atomic E-state index is 12.3. The molecule has 2 aliphatic rings. The van der Waals surface area contributed by atoms with Gasteiger partial charge in [-0.3, -0.25) is 49.5 Å². The molecule has 706 valence electrons. The fraction of sp³-hybridized carbons (Fsp3) is 0.214. The Bertz CT molecular complexity index is 8050. The van der Waals surface area contributed by atoms with Gasteiger partial charge in [0.05, 0.1) is 155 Å². The standard InChI is InChI=1S/C30H28N4O2.C29H26N4O3.C27H24N4O4.C26H22N4O4/c1-18-28(20(3)36-33-18)23-15-27-29(32-16-23)25(17-34(27)19(2)26-7-5-6-14-31-26)22-8-10-24(11-9-22)30(12-13-30)21(4)35;1-18-26(19(2)36-32-18)21-14-25-27(31-15-21)24(17-33(25)16-23-6-4-5-13-30-23)20-7-9-22(10-8-20)29(11-12-29)28(34)35-3;1-16-25(17(2)35-30-16)19-11-23-26(29-13-19)22(15-31(23)14-20-7-5-6-10-28-20)18-8-9-21(27(32)34-4)24(12-18)33-3;1-15-24(16(2)34-29-15)18-10-22-25(28-12-18)21(14-30(22)13-19-6-4-5-9-27-19)17-7-8-20(26(31)32)23(11-17)33-3/h5-11,14-17,19H,12-13H2,1-4H3;4-10,13-15,17H,11-12,16H2,1-3H3;5-13,15H,14H2,1-4H3;4-12,14H,13H2,1-3H3,(H,31,32)/t19-;;;/m0.../s1. The molecule has 16 heterocycles. The number of aromatic nitrogens is 16. The number of carboxylic acid groups (broad SMARTS) is 1. The van der Waals surface area contributed by atoms with Crippen molar-refractivity contribution in [2.45, 2.75) is 131 Å². The third kappa shape index (κ3) is 18.1. The van der Waals surface area contributed by atoms with Crippen LogP contribution in [0.15, 0.2) is 274 Å². The Labute approximate surface area is 810 Å². The molecule has 2 aliphatic carbocycles. The quantitative estimate of drug-likeness (QED) is 0.0549. The van der Waals surface area contributed by atoms with Crippen LogP contribution >= 0.6 is 0 Å². The Hall–Kier alpha value is -17.2. The summed E-state index contributed by atoms with van der Waals surface area (Å²) in [5, 5.41) is 25.9. The maximum atomic E-state index is 12.3. The molecule has 0 amide bonds. The zero-order valence-electron chi connectivity index (χ0n) is 80.3. The third-order valence-corrected chi connectivity index (χ3v) is 26.7. The van der Waals surface area contributed by atoms with Crippen molar-refractivity contribution in [3.63, 3.8) is 0 Å². The van der Waals surface area contributed by atoms with Crippen molar-refractivity contribution in [1.29, 1.82) is 0 Å². The van der Waals surface area contributed by atoms with E-state index < -0.39 is 17.4 Å². The Balaban J connectivity index is 0.000000120. The van der Waals surface area contributed by atoms with Crippen LogP contribution in [0.5, 0.6) is 11.5 Å². The molecule has 16 aromatic heterocycles. The van der Waals surface area contributed by atoms with Gasteiger partial charge in [0.25, 0.3) is 0 Å². The SMILES string of the molecule is CC(=O)C1(c2ccc(-c3cn([C@@H](C)c4ccccn4)c4cc(-c5c(C)noc5C)cnc34)cc2)CC1.COC(=O)C1(c2ccc(-c3cn(Cc4ccccn4)c4cc(-c5c(C)noc5C)cnc34)cc2)CC1.COC(=O)c1ccc(-c2cn(Cc3ccccn3)c3cc(-c4c(C)noc4C)cnc23)cc1OC.COc1cc(-c2cn(Cc3ccccn3)c3cc(-c4c(C)noc4C)cnc23)ccc1C(=O)O. The highest BCUT2D eigenvalue weighted by Gasteiger charge is 2.53. The molecule has 22 rings (SSSR count). The Morgan fingerprint density at radius 2 is 0.716 bits per heavy atom. The predicted octanol–water partition coefficient (Wildman–Crippen LogP) is 22.6. The monoisotopic (exact) mass is 1880 g/mol. The zero-order valence-corrected chi connectivity index (χ0v) is 80.3. The molecule has 0 saturated heterocycles. The lowest BCUT2D eigenvalue weighted by Gasteiger charge is -2.15. The molecule has 1 N–H and O–H groups in total. The van der Waals surface area contributed by atoms with Crippen LogP contribution in [0.3, 0.4) is 0 Å². The van der Waals surface area contributed by atoms with Crippen LogP contribution in [0.1, 0.15) is 146 Å². The van der Waals surface area contributed by atoms with E-state index in [1.54, 1.807) is 43.6 Å². The number of methoxy groups -OCH3 is 4. The molecule has 29 nitrogen and oxygen atoms in total. The molecule has 141 heavy (non-hydrogen) atoms. The normalized spacial score (nSPS) is 13.0. The minimum Gasteiger partial charge on any atom is -0.496 e. The molecule has 1 atom stereocenters. The van der Waals surface area contributed by atoms with E-state index in [4.69, 9.17) is 57.0 Å². The van der Waals surface area contributed by atoms with Gasteiger partial charge in [-0.1, -0.05) is 106 Å². The van der Waals surface area contributed by atoms with Gasteiger partial charge in [0.15, 0.2) is 0 Å². The summed E-state index contributed by atoms with van der Waals surface area (Å²) in [5.74, 6) is 2.37. The van der Waals surface area contributed by atoms with Crippen LogP contribution in [0.4, 0.5) is 0 Å². The second-order valence-electron chi connectivity index (χ2n) is 35.5. The summed E-state index contributed by atoms with van der Waals surface area (Å²) in [6.07, 6.45) is 26.5. The number of carbonyl (C=O) groups excluding carboxylic acids is 3. The molecule has 0 aliphatic heterocycles. The maximum Gasteiger partial charge on any atom is 0.341 e. The Kier molecular flexibility index (Phi) is 25.5. The van der Waals surface area contributed by atoms with Crippen LogP contribution in [0.25, 0.3) is 133 Å². The van der Waals surface area contributed by atoms with E-state index in [9.17, 15) is 24.3 Å². The van der Waals surface area contributed by atoms with Crippen LogP contribution < -0.4 is 9.47 Å². The number of carbonyl (C=O) groups is 4. The van der Waals surface area contributed by atoms with E-state index in [1.807, 2.05) is 196 Å². The second kappa shape index (κ2) is 38.7. The van der Waals surface area contributed by atoms with Crippen molar-refractivity contribution < 1.29 is 61.3 Å². The summed E-state index contributed by atoms with van der Waals surface area (Å²) >= 11 is 0. The first kappa shape index (κ1) is 92.8. The van der Waals surface area contributed by atoms with E-state index in [1.165, 1.54) is 28.4 Å². The first-order valence-electron chi connectivity index (χ1n) is 46.2. The summed E-state index contributed by atoms with van der Waals surface area (Å²) in [4.78, 5) is 85.8. The third-order valence-electron chi connectivity index (χ3n) is 26.7. The van der Waals surface area contributed by atoms with Crippen molar-refractivity contribution in [2.75, 3.05) is 28.4 Å². The van der Waals surface area contributed by atoms with E-state index in [-0.39, 0.29) is 28.8 Å². The van der Waals surface area contributed by atoms with Gasteiger partial charge in [0.2, 0.25) is 0 Å². The highest BCUT2D eigenvalue weighted by Crippen LogP contribution is 2.52. The molecule has 0 bridgehead atoms. The Morgan fingerprint density at radius 1 is 0.376 bits per heavy atom. The lowest BCUT2D eigenvalue weighted by Crippen LogP contribution is -2.21. The van der Waals surface area contributed by atoms with E-state index in [0.29, 0.717) is 36.7 Å². The largest absolute Gasteiger partial charge is 0.496 e. The summed E-state index contributed by atoms with van der Waals surface area (Å²) in [6.45, 7) is 20.9. The summed E-state index contributed by atoms with van der Waals surface area (Å²) in [5.41, 5.74) is 31.5. The number of pyridine rings is 8. The van der Waals surface area contributed by atoms with Gasteiger partial charge in [-0.05, 0) is 225 Å². The number of Topliss-reactive ketones (excluding diaryl/α,β-unsaturated/α-hetero) is 1. The van der Waals surface area contributed by atoms with Gasteiger partial charge in [-0.25, -0.2) is 9.59 Å². The van der Waals surface area contributed by atoms with Crippen molar-refractivity contribution >= 4 is 67.8 Å². The predicted molar refractivity (Wildman–Crippen MR) is 535 cm³/mol. The number of rotatable bonds is 24. The van der Waals surface area contributed by atoms with Crippen molar-refractivity contribution in [3.8, 4) is 101 Å². The molecule has 0 spiro atoms. The minimum absolute atomic E-state index is 0.0101. The topological polar surface area (TPSA) is 352 Å². The number of benzene rings is 4. The van der Waals surface area contributed by atoms with Crippen molar-refractivity contribution in [3.05, 3.63) is 347 Å². The summed E-state index contributed by atoms with van der Waals surface area (Å²) < 4.78 is 51.0. The number of hydrogen-bond acceptors (Lipinski definition) is 24. The van der Waals surface area contributed by atoms with Crippen molar-refractivity contribution in [2.24, 2.45) is 0 Å². The number of hydrogen-bond donors (Lipinski definition) is 1. The fourth-order valence-electron chi connectivity index (χ4n) is 19.1. The average molecular weight is 1880 g/mol. The van der Waals surface area contributed by atoms with Crippen LogP contribution in [-0.4, -0.2) is 136 Å². The minimum atomic E-state index is -1.04. The molecule has 0 unspecified atom stereocenters. The molecule has 4 aromatic carbocycles. The average Bonchev–Trinajstić information content (AvgIpc) is 1.59. The van der Waals surface area contributed by atoms with Crippen LogP contribution in [0.2, 0.25) is 0 Å². The lowest BCUT2D eigenvalue weighted by molar-refractivity contribution is -0.143. The first-order valence-corrected chi connectivity index (χ1v) is 46.2. The summed E-state index contributed by atoms with van der Waals surface area (Å²) in [7, 11) is 5.80. The van der Waals surface area contributed by atoms with Gasteiger partial charge in [0.1, 0.15) is 51.5 Å². The van der Waals surface area contributed by atoms with Gasteiger partial charge in [-0.15, -0.1) is 0 Å². The molecular formula is C112H100N16O13. The number of aryl methyl sites for hydroxylation is 8. The smallest absolute Gasteiger partial charge is 0.341 e. The number of carboxylic acids is 1. The van der Waals surface area contributed by atoms with Gasteiger partial charge in [0, 0.05) is 141 Å². The fourth-order valence-corrected chi connectivity index (χ4v) is 19.1. The van der Waals surface area contributed by atoms with Crippen LogP contribution in [0, 0.1) is 55.4 Å². The molecule has 20 aromatic rings. The number of ether oxygens (including phenoxy) is 4. The number of fused-ring (bicyclic) bond motifs is 4. The van der Waals surface area contributed by atoms with Crippen LogP contribution in [-0.2, 0) is 49.5 Å². The summed E-state index contributed by atoms with van der Waals surface area (Å²) in [6, 6.07) is 59.2. The lowest BCUT2D eigenvalue weighted by atomic mass is 9.91. The first-order chi connectivity index (χ1) is 68.3. The van der Waals surface area contributed by atoms with E-state index in [2.05, 4.69) is 145 Å². The van der Waals surface area contributed by atoms with E-state index >= 15 is 0 Å².